The predicted octanol–water partition coefficient (Wildman–Crippen LogP) is 6.84. The predicted molar refractivity (Wildman–Crippen MR) is 140 cm³/mol. The molecule has 0 radical (unpaired) electrons. The van der Waals surface area contributed by atoms with Crippen LogP contribution in [0.4, 0.5) is 10.1 Å². The molecule has 0 saturated carbocycles. The lowest BCUT2D eigenvalue weighted by Gasteiger charge is -2.13. The third-order valence-corrected chi connectivity index (χ3v) is 6.65. The van der Waals surface area contributed by atoms with Crippen molar-refractivity contribution in [2.75, 3.05) is 12.4 Å². The van der Waals surface area contributed by atoms with Crippen molar-refractivity contribution >= 4 is 68.2 Å². The van der Waals surface area contributed by atoms with E-state index in [0.29, 0.717) is 38.5 Å². The van der Waals surface area contributed by atoms with Gasteiger partial charge in [-0.1, -0.05) is 46.9 Å². The maximum atomic E-state index is 13.5. The summed E-state index contributed by atoms with van der Waals surface area (Å²) in [7, 11) is 1.54. The smallest absolute Gasteiger partial charge is 0.256 e. The standard InChI is InChI=1S/C26H17Cl3FN3O3/c1-36-22-9-7-17(26(34)31-24-19(28)12-32(35)13-20(24)29)23-18-10-15(27)4-8-21(18)33(25(22)23)11-14-2-5-16(30)6-3-14/h2-10,12-13H,11H2,1H3,(H,31,34). The number of nitrogens with zero attached hydrogens (tertiary/aromatic N) is 2. The molecule has 2 heterocycles. The molecule has 1 N–H and O–H groups in total. The number of methoxy groups -OCH3 is 1. The number of aromatic nitrogens is 2. The van der Waals surface area contributed by atoms with Crippen molar-refractivity contribution in [2.24, 2.45) is 0 Å². The van der Waals surface area contributed by atoms with Gasteiger partial charge >= 0.3 is 0 Å². The molecule has 0 aliphatic carbocycles. The lowest BCUT2D eigenvalue weighted by Crippen LogP contribution is -2.25. The Balaban J connectivity index is 1.73. The highest BCUT2D eigenvalue weighted by Crippen LogP contribution is 2.39. The topological polar surface area (TPSA) is 70.2 Å². The molecule has 0 saturated heterocycles. The van der Waals surface area contributed by atoms with Gasteiger partial charge in [-0.05, 0) is 48.0 Å². The fourth-order valence-electron chi connectivity index (χ4n) is 4.27. The van der Waals surface area contributed by atoms with E-state index in [0.717, 1.165) is 28.9 Å². The number of rotatable bonds is 5. The van der Waals surface area contributed by atoms with Crippen LogP contribution in [0, 0.1) is 11.0 Å². The molecule has 6 nitrogen and oxygen atoms in total. The second kappa shape index (κ2) is 9.50. The van der Waals surface area contributed by atoms with Gasteiger partial charge in [0.2, 0.25) is 12.4 Å². The van der Waals surface area contributed by atoms with Crippen LogP contribution >= 0.6 is 34.8 Å². The van der Waals surface area contributed by atoms with E-state index in [2.05, 4.69) is 5.32 Å². The highest BCUT2D eigenvalue weighted by atomic mass is 35.5. The molecule has 5 rings (SSSR count). The van der Waals surface area contributed by atoms with Gasteiger partial charge in [0.15, 0.2) is 0 Å². The number of carbonyl (C=O) groups excluding carboxylic acids is 1. The van der Waals surface area contributed by atoms with Crippen LogP contribution in [-0.4, -0.2) is 17.6 Å². The molecule has 0 atom stereocenters. The van der Waals surface area contributed by atoms with Crippen LogP contribution < -0.4 is 14.8 Å². The van der Waals surface area contributed by atoms with Crippen LogP contribution in [0.2, 0.25) is 15.1 Å². The van der Waals surface area contributed by atoms with Crippen LogP contribution in [-0.2, 0) is 6.54 Å². The van der Waals surface area contributed by atoms with Crippen LogP contribution in [0.25, 0.3) is 21.8 Å². The minimum absolute atomic E-state index is 0.00242. The fraction of sp³-hybridized carbons (Fsp3) is 0.0769. The summed E-state index contributed by atoms with van der Waals surface area (Å²) in [4.78, 5) is 13.5. The van der Waals surface area contributed by atoms with Gasteiger partial charge in [-0.2, -0.15) is 4.73 Å². The van der Waals surface area contributed by atoms with E-state index >= 15 is 0 Å². The normalized spacial score (nSPS) is 11.2. The average Bonchev–Trinajstić information content (AvgIpc) is 3.15. The summed E-state index contributed by atoms with van der Waals surface area (Å²) in [6, 6.07) is 14.9. The number of benzene rings is 3. The summed E-state index contributed by atoms with van der Waals surface area (Å²) in [5.41, 5.74) is 2.76. The van der Waals surface area contributed by atoms with Gasteiger partial charge in [0.05, 0.1) is 18.3 Å². The van der Waals surface area contributed by atoms with E-state index in [4.69, 9.17) is 39.5 Å². The average molecular weight is 545 g/mol. The maximum absolute atomic E-state index is 13.5. The van der Waals surface area contributed by atoms with Gasteiger partial charge in [0.25, 0.3) is 5.91 Å². The number of halogens is 4. The Morgan fingerprint density at radius 3 is 2.42 bits per heavy atom. The number of ether oxygens (including phenoxy) is 1. The zero-order valence-electron chi connectivity index (χ0n) is 18.7. The molecule has 182 valence electrons. The van der Waals surface area contributed by atoms with E-state index in [1.807, 2.05) is 10.6 Å². The number of hydrogen-bond acceptors (Lipinski definition) is 3. The monoisotopic (exact) mass is 543 g/mol. The largest absolute Gasteiger partial charge is 0.619 e. The van der Waals surface area contributed by atoms with Crippen molar-refractivity contribution < 1.29 is 18.7 Å². The third-order valence-electron chi connectivity index (χ3n) is 5.85. The Bertz CT molecular complexity index is 1630. The number of pyridine rings is 1. The Labute approximate surface area is 220 Å². The molecule has 0 spiro atoms. The summed E-state index contributed by atoms with van der Waals surface area (Å²) < 4.78 is 21.6. The van der Waals surface area contributed by atoms with E-state index in [9.17, 15) is 14.4 Å². The Kier molecular flexibility index (Phi) is 6.38. The molecular weight excluding hydrogens is 528 g/mol. The number of carbonyl (C=O) groups is 1. The highest BCUT2D eigenvalue weighted by molar-refractivity contribution is 6.40. The lowest BCUT2D eigenvalue weighted by atomic mass is 10.0. The number of nitrogens with one attached hydrogen (secondary N) is 1. The molecule has 10 heteroatoms. The van der Waals surface area contributed by atoms with Gasteiger partial charge in [0, 0.05) is 33.4 Å². The molecular formula is C26H17Cl3FN3O3. The number of amides is 1. The molecule has 0 aliphatic rings. The van der Waals surface area contributed by atoms with Gasteiger partial charge < -0.3 is 19.8 Å². The summed E-state index contributed by atoms with van der Waals surface area (Å²) in [6.45, 7) is 0.392. The molecule has 2 aromatic heterocycles. The van der Waals surface area contributed by atoms with Gasteiger partial charge in [-0.15, -0.1) is 0 Å². The summed E-state index contributed by atoms with van der Waals surface area (Å²) in [5.74, 6) is -0.278. The second-order valence-corrected chi connectivity index (χ2v) is 9.31. The van der Waals surface area contributed by atoms with Gasteiger partial charge in [-0.3, -0.25) is 4.79 Å². The Hall–Kier alpha value is -3.52. The van der Waals surface area contributed by atoms with Gasteiger partial charge in [-0.25, -0.2) is 4.39 Å². The van der Waals surface area contributed by atoms with Crippen molar-refractivity contribution in [1.82, 2.24) is 4.57 Å². The maximum Gasteiger partial charge on any atom is 0.256 e. The summed E-state index contributed by atoms with van der Waals surface area (Å²) in [5, 5.41) is 16.1. The Morgan fingerprint density at radius 2 is 1.75 bits per heavy atom. The summed E-state index contributed by atoms with van der Waals surface area (Å²) >= 11 is 18.7. The van der Waals surface area contributed by atoms with E-state index < -0.39 is 5.91 Å². The van der Waals surface area contributed by atoms with E-state index in [1.165, 1.54) is 12.1 Å². The van der Waals surface area contributed by atoms with E-state index in [-0.39, 0.29) is 21.5 Å². The number of anilines is 1. The van der Waals surface area contributed by atoms with Crippen LogP contribution in [0.5, 0.6) is 5.75 Å². The minimum Gasteiger partial charge on any atom is -0.619 e. The molecule has 0 fully saturated rings. The zero-order valence-corrected chi connectivity index (χ0v) is 21.0. The van der Waals surface area contributed by atoms with Gasteiger partial charge in [0.1, 0.15) is 21.6 Å². The van der Waals surface area contributed by atoms with Crippen molar-refractivity contribution in [3.8, 4) is 5.75 Å². The minimum atomic E-state index is -0.490. The number of hydrogen-bond donors (Lipinski definition) is 1. The van der Waals surface area contributed by atoms with Crippen molar-refractivity contribution in [1.29, 1.82) is 0 Å². The first-order valence-corrected chi connectivity index (χ1v) is 11.8. The quantitative estimate of drug-likeness (QED) is 0.195. The first-order valence-electron chi connectivity index (χ1n) is 10.7. The van der Waals surface area contributed by atoms with Crippen LogP contribution in [0.1, 0.15) is 15.9 Å². The number of fused-ring (bicyclic) bond motifs is 3. The molecule has 1 amide bonds. The molecule has 0 bridgehead atoms. The molecule has 36 heavy (non-hydrogen) atoms. The van der Waals surface area contributed by atoms with Crippen LogP contribution in [0.3, 0.4) is 0 Å². The first-order chi connectivity index (χ1) is 17.3. The first kappa shape index (κ1) is 24.2. The summed E-state index contributed by atoms with van der Waals surface area (Å²) in [6.07, 6.45) is 2.20. The lowest BCUT2D eigenvalue weighted by molar-refractivity contribution is -0.605. The van der Waals surface area contributed by atoms with Crippen LogP contribution in [0.15, 0.2) is 67.0 Å². The van der Waals surface area contributed by atoms with E-state index in [1.54, 1.807) is 43.5 Å². The fourth-order valence-corrected chi connectivity index (χ4v) is 4.98. The highest BCUT2D eigenvalue weighted by Gasteiger charge is 2.23. The third kappa shape index (κ3) is 4.30. The zero-order chi connectivity index (χ0) is 25.6. The Morgan fingerprint density at radius 1 is 1.06 bits per heavy atom. The van der Waals surface area contributed by atoms with Crippen molar-refractivity contribution in [2.45, 2.75) is 6.54 Å². The molecule has 0 aliphatic heterocycles. The van der Waals surface area contributed by atoms with Crippen molar-refractivity contribution in [3.05, 3.63) is 104 Å². The molecule has 3 aromatic carbocycles. The second-order valence-electron chi connectivity index (χ2n) is 8.06. The van der Waals surface area contributed by atoms with Crippen molar-refractivity contribution in [3.63, 3.8) is 0 Å². The molecule has 0 unspecified atom stereocenters. The SMILES string of the molecule is COc1ccc(C(=O)Nc2c(Cl)c[n+]([O-])cc2Cl)c2c3cc(Cl)ccc3n(Cc3ccc(F)cc3)c12. The molecule has 5 aromatic rings.